The van der Waals surface area contributed by atoms with E-state index in [1.54, 1.807) is 24.3 Å². The van der Waals surface area contributed by atoms with Crippen molar-refractivity contribution in [2.75, 3.05) is 25.0 Å². The molecule has 0 aliphatic carbocycles. The molecule has 0 bridgehead atoms. The van der Waals surface area contributed by atoms with Gasteiger partial charge in [0.1, 0.15) is 0 Å². The van der Waals surface area contributed by atoms with Gasteiger partial charge in [-0.3, -0.25) is 14.4 Å². The second-order valence-corrected chi connectivity index (χ2v) is 8.65. The van der Waals surface area contributed by atoms with Crippen molar-refractivity contribution in [3.8, 4) is 0 Å². The summed E-state index contributed by atoms with van der Waals surface area (Å²) in [5.41, 5.74) is 2.43. The maximum Gasteiger partial charge on any atom is 0.305 e. The first-order chi connectivity index (χ1) is 16.5. The monoisotopic (exact) mass is 481 g/mol. The van der Waals surface area contributed by atoms with E-state index in [1.807, 2.05) is 35.2 Å². The molecular formula is C26H31N3O4S. The third kappa shape index (κ3) is 8.59. The first kappa shape index (κ1) is 25.4. The van der Waals surface area contributed by atoms with Gasteiger partial charge in [-0.15, -0.1) is 0 Å². The SMILES string of the molecule is O=C(CCCC(=O)OCCCc1ccccc1)NC(=S)Nc1cccc(C(=O)N2CCCC2)c1. The molecule has 2 aromatic carbocycles. The molecular weight excluding hydrogens is 450 g/mol. The fraction of sp³-hybridized carbons (Fsp3) is 0.385. The standard InChI is InChI=1S/C26H31N3O4S/c30-23(14-7-15-24(31)33-18-8-11-20-9-2-1-3-10-20)28-26(34)27-22-13-6-12-21(19-22)25(32)29-16-4-5-17-29/h1-3,6,9-10,12-13,19H,4-5,7-8,11,14-18H2,(H2,27,28,30,34). The molecule has 1 aliphatic rings. The van der Waals surface area contributed by atoms with Crippen LogP contribution in [-0.4, -0.2) is 47.5 Å². The summed E-state index contributed by atoms with van der Waals surface area (Å²) in [6, 6.07) is 17.1. The lowest BCUT2D eigenvalue weighted by molar-refractivity contribution is -0.143. The summed E-state index contributed by atoms with van der Waals surface area (Å²) < 4.78 is 5.23. The lowest BCUT2D eigenvalue weighted by atomic mass is 10.1. The van der Waals surface area contributed by atoms with Crippen molar-refractivity contribution >= 4 is 40.8 Å². The quantitative estimate of drug-likeness (QED) is 0.302. The fourth-order valence-corrected chi connectivity index (χ4v) is 3.99. The molecule has 180 valence electrons. The molecule has 1 fully saturated rings. The van der Waals surface area contributed by atoms with Crippen LogP contribution in [-0.2, 0) is 20.7 Å². The Bertz CT molecular complexity index is 991. The molecule has 2 aromatic rings. The van der Waals surface area contributed by atoms with Crippen LogP contribution in [0.4, 0.5) is 5.69 Å². The zero-order valence-corrected chi connectivity index (χ0v) is 20.1. The minimum Gasteiger partial charge on any atom is -0.466 e. The lowest BCUT2D eigenvalue weighted by Crippen LogP contribution is -2.34. The van der Waals surface area contributed by atoms with Crippen molar-refractivity contribution in [2.45, 2.75) is 44.9 Å². The van der Waals surface area contributed by atoms with E-state index in [0.29, 0.717) is 24.3 Å². The number of thiocarbonyl (C=S) groups is 1. The number of hydrogen-bond acceptors (Lipinski definition) is 5. The number of nitrogens with zero attached hydrogens (tertiary/aromatic N) is 1. The third-order valence-electron chi connectivity index (χ3n) is 5.51. The van der Waals surface area contributed by atoms with Crippen LogP contribution >= 0.6 is 12.2 Å². The van der Waals surface area contributed by atoms with Crippen LogP contribution in [0.15, 0.2) is 54.6 Å². The van der Waals surface area contributed by atoms with E-state index in [2.05, 4.69) is 10.6 Å². The minimum atomic E-state index is -0.305. The molecule has 2 amide bonds. The van der Waals surface area contributed by atoms with Crippen LogP contribution in [0.2, 0.25) is 0 Å². The number of anilines is 1. The van der Waals surface area contributed by atoms with Crippen molar-refractivity contribution in [2.24, 2.45) is 0 Å². The van der Waals surface area contributed by atoms with Crippen molar-refractivity contribution in [1.82, 2.24) is 10.2 Å². The topological polar surface area (TPSA) is 87.7 Å². The summed E-state index contributed by atoms with van der Waals surface area (Å²) in [4.78, 5) is 38.4. The van der Waals surface area contributed by atoms with E-state index in [1.165, 1.54) is 5.56 Å². The molecule has 1 saturated heterocycles. The minimum absolute atomic E-state index is 0.00283. The van der Waals surface area contributed by atoms with Crippen molar-refractivity contribution in [3.63, 3.8) is 0 Å². The van der Waals surface area contributed by atoms with Crippen LogP contribution in [0.25, 0.3) is 0 Å². The van der Waals surface area contributed by atoms with Crippen LogP contribution in [0.5, 0.6) is 0 Å². The van der Waals surface area contributed by atoms with E-state index in [-0.39, 0.29) is 35.7 Å². The van der Waals surface area contributed by atoms with Crippen molar-refractivity contribution < 1.29 is 19.1 Å². The van der Waals surface area contributed by atoms with E-state index in [9.17, 15) is 14.4 Å². The highest BCUT2D eigenvalue weighted by molar-refractivity contribution is 7.80. The molecule has 1 aliphatic heterocycles. The van der Waals surface area contributed by atoms with E-state index >= 15 is 0 Å². The molecule has 34 heavy (non-hydrogen) atoms. The van der Waals surface area contributed by atoms with E-state index < -0.39 is 0 Å². The molecule has 3 rings (SSSR count). The average molecular weight is 482 g/mol. The molecule has 2 N–H and O–H groups in total. The summed E-state index contributed by atoms with van der Waals surface area (Å²) in [5, 5.41) is 5.71. The Labute approximate surface area is 205 Å². The van der Waals surface area contributed by atoms with Gasteiger partial charge in [0.25, 0.3) is 5.91 Å². The molecule has 0 aromatic heterocycles. The number of hydrogen-bond donors (Lipinski definition) is 2. The Morgan fingerprint density at radius 3 is 2.47 bits per heavy atom. The molecule has 0 atom stereocenters. The summed E-state index contributed by atoms with van der Waals surface area (Å²) in [5.74, 6) is -0.581. The highest BCUT2D eigenvalue weighted by atomic mass is 32.1. The summed E-state index contributed by atoms with van der Waals surface area (Å²) in [7, 11) is 0. The van der Waals surface area contributed by atoms with Crippen LogP contribution in [0.1, 0.15) is 54.4 Å². The predicted molar refractivity (Wildman–Crippen MR) is 136 cm³/mol. The zero-order chi connectivity index (χ0) is 24.2. The third-order valence-corrected chi connectivity index (χ3v) is 5.72. The van der Waals surface area contributed by atoms with Gasteiger partial charge in [-0.25, -0.2) is 0 Å². The Balaban J connectivity index is 1.30. The number of benzene rings is 2. The predicted octanol–water partition coefficient (Wildman–Crippen LogP) is 4.08. The van der Waals surface area contributed by atoms with Gasteiger partial charge >= 0.3 is 5.97 Å². The number of amides is 2. The van der Waals surface area contributed by atoms with Gasteiger partial charge in [0.2, 0.25) is 5.91 Å². The molecule has 0 spiro atoms. The molecule has 8 heteroatoms. The number of likely N-dealkylation sites (tertiary alicyclic amines) is 1. The number of rotatable bonds is 10. The number of carbonyl (C=O) groups is 3. The number of aryl methyl sites for hydroxylation is 1. The molecule has 0 radical (unpaired) electrons. The number of esters is 1. The van der Waals surface area contributed by atoms with Gasteiger partial charge in [0.05, 0.1) is 6.61 Å². The van der Waals surface area contributed by atoms with Crippen molar-refractivity contribution in [1.29, 1.82) is 0 Å². The maximum atomic E-state index is 12.5. The molecule has 0 unspecified atom stereocenters. The Hall–Kier alpha value is -3.26. The van der Waals surface area contributed by atoms with Gasteiger partial charge in [0.15, 0.2) is 5.11 Å². The fourth-order valence-electron chi connectivity index (χ4n) is 3.76. The second kappa shape index (κ2) is 13.4. The molecule has 1 heterocycles. The normalized spacial score (nSPS) is 12.8. The van der Waals surface area contributed by atoms with E-state index in [4.69, 9.17) is 17.0 Å². The van der Waals surface area contributed by atoms with E-state index in [0.717, 1.165) is 38.8 Å². The highest BCUT2D eigenvalue weighted by Crippen LogP contribution is 2.16. The summed E-state index contributed by atoms with van der Waals surface area (Å²) in [6.07, 6.45) is 4.41. The molecule has 7 nitrogen and oxygen atoms in total. The van der Waals surface area contributed by atoms with Crippen LogP contribution in [0.3, 0.4) is 0 Å². The zero-order valence-electron chi connectivity index (χ0n) is 19.3. The maximum absolute atomic E-state index is 12.5. The molecule has 0 saturated carbocycles. The largest absolute Gasteiger partial charge is 0.466 e. The smallest absolute Gasteiger partial charge is 0.305 e. The summed E-state index contributed by atoms with van der Waals surface area (Å²) in [6.45, 7) is 1.94. The Morgan fingerprint density at radius 1 is 0.941 bits per heavy atom. The first-order valence-electron chi connectivity index (χ1n) is 11.7. The highest BCUT2D eigenvalue weighted by Gasteiger charge is 2.19. The average Bonchev–Trinajstić information content (AvgIpc) is 3.37. The van der Waals surface area contributed by atoms with Crippen molar-refractivity contribution in [3.05, 3.63) is 65.7 Å². The first-order valence-corrected chi connectivity index (χ1v) is 12.1. The number of ether oxygens (including phenoxy) is 1. The summed E-state index contributed by atoms with van der Waals surface area (Å²) >= 11 is 5.21. The Kier molecular flexibility index (Phi) is 10.0. The lowest BCUT2D eigenvalue weighted by Gasteiger charge is -2.16. The van der Waals surface area contributed by atoms with Crippen LogP contribution in [0, 0.1) is 0 Å². The van der Waals surface area contributed by atoms with Gasteiger partial charge in [0, 0.05) is 37.2 Å². The van der Waals surface area contributed by atoms with Gasteiger partial charge in [-0.1, -0.05) is 36.4 Å². The van der Waals surface area contributed by atoms with Gasteiger partial charge in [-0.2, -0.15) is 0 Å². The Morgan fingerprint density at radius 2 is 1.71 bits per heavy atom. The van der Waals surface area contributed by atoms with Gasteiger partial charge in [-0.05, 0) is 68.1 Å². The number of nitrogens with one attached hydrogen (secondary N) is 2. The second-order valence-electron chi connectivity index (χ2n) is 8.25. The van der Waals surface area contributed by atoms with Crippen LogP contribution < -0.4 is 10.6 Å². The number of carbonyl (C=O) groups excluding carboxylic acids is 3. The van der Waals surface area contributed by atoms with Gasteiger partial charge < -0.3 is 20.3 Å².